The van der Waals surface area contributed by atoms with Gasteiger partial charge in [0.2, 0.25) is 5.91 Å². The Balaban J connectivity index is 2.73. The fourth-order valence-corrected chi connectivity index (χ4v) is 2.04. The summed E-state index contributed by atoms with van der Waals surface area (Å²) in [5.41, 5.74) is 1.18. The molecule has 5 nitrogen and oxygen atoms in total. The fourth-order valence-electron chi connectivity index (χ4n) is 1.79. The zero-order chi connectivity index (χ0) is 17.2. The maximum Gasteiger partial charge on any atom is 0.243 e. The lowest BCUT2D eigenvalue weighted by Crippen LogP contribution is -2.42. The number of nitrogens with one attached hydrogen (secondary N) is 2. The second kappa shape index (κ2) is 10.2. The minimum Gasteiger partial charge on any atom is -0.355 e. The van der Waals surface area contributed by atoms with E-state index in [1.807, 2.05) is 18.2 Å². The number of benzene rings is 1. The van der Waals surface area contributed by atoms with Crippen LogP contribution in [0.25, 0.3) is 0 Å². The smallest absolute Gasteiger partial charge is 0.243 e. The van der Waals surface area contributed by atoms with Crippen LogP contribution < -0.4 is 10.6 Å². The average Bonchev–Trinajstić information content (AvgIpc) is 2.56. The molecule has 0 aromatic heterocycles. The number of thioether (sulfide) groups is 1. The first-order valence-electron chi connectivity index (χ1n) is 7.76. The molecule has 0 saturated heterocycles. The Morgan fingerprint density at radius 3 is 2.48 bits per heavy atom. The second-order valence-corrected chi connectivity index (χ2v) is 6.93. The number of rotatable bonds is 7. The van der Waals surface area contributed by atoms with Gasteiger partial charge in [-0.15, -0.1) is 0 Å². The molecule has 0 aliphatic carbocycles. The monoisotopic (exact) mass is 336 g/mol. The number of hydrogen-bond donors (Lipinski definition) is 2. The number of carbonyl (C=O) groups is 1. The van der Waals surface area contributed by atoms with Crippen molar-refractivity contribution in [3.8, 4) is 0 Å². The number of nitrogens with zero attached hydrogens (tertiary/aromatic N) is 2. The van der Waals surface area contributed by atoms with Crippen molar-refractivity contribution in [3.05, 3.63) is 35.9 Å². The third-order valence-corrected chi connectivity index (χ3v) is 4.45. The Kier molecular flexibility index (Phi) is 8.55. The van der Waals surface area contributed by atoms with Gasteiger partial charge in [-0.1, -0.05) is 37.3 Å². The Hall–Kier alpha value is -1.69. The summed E-state index contributed by atoms with van der Waals surface area (Å²) >= 11 is 1.79. The van der Waals surface area contributed by atoms with Gasteiger partial charge < -0.3 is 15.5 Å². The minimum absolute atomic E-state index is 0.0172. The molecule has 2 N–H and O–H groups in total. The summed E-state index contributed by atoms with van der Waals surface area (Å²) in [4.78, 5) is 17.7. The number of aliphatic imine (C=N–C) groups is 1. The van der Waals surface area contributed by atoms with Gasteiger partial charge in [0.1, 0.15) is 6.54 Å². The maximum absolute atomic E-state index is 11.8. The number of carbonyl (C=O) groups excluding carboxylic acids is 1. The van der Waals surface area contributed by atoms with Crippen molar-refractivity contribution in [2.75, 3.05) is 33.4 Å². The molecule has 0 fully saturated rings. The first-order chi connectivity index (χ1) is 10.9. The van der Waals surface area contributed by atoms with E-state index in [9.17, 15) is 4.79 Å². The van der Waals surface area contributed by atoms with Gasteiger partial charge in [0, 0.05) is 25.9 Å². The minimum atomic E-state index is -0.0172. The van der Waals surface area contributed by atoms with Gasteiger partial charge in [0.15, 0.2) is 5.96 Å². The fraction of sp³-hybridized carbons (Fsp3) is 0.529. The van der Waals surface area contributed by atoms with Crippen molar-refractivity contribution < 1.29 is 4.79 Å². The summed E-state index contributed by atoms with van der Waals surface area (Å²) in [6, 6.07) is 10.3. The van der Waals surface area contributed by atoms with Gasteiger partial charge in [-0.3, -0.25) is 4.79 Å². The van der Waals surface area contributed by atoms with Crippen LogP contribution in [-0.4, -0.2) is 55.5 Å². The molecule has 2 unspecified atom stereocenters. The van der Waals surface area contributed by atoms with Crippen molar-refractivity contribution in [1.82, 2.24) is 15.5 Å². The predicted molar refractivity (Wildman–Crippen MR) is 100.0 cm³/mol. The highest BCUT2D eigenvalue weighted by Crippen LogP contribution is 2.11. The summed E-state index contributed by atoms with van der Waals surface area (Å²) in [6.07, 6.45) is 2.08. The standard InChI is InChI=1S/C17H28N4OS/c1-13(23-5)11-18-17(19-12-16(22)21(3)4)20-14(2)15-9-7-6-8-10-15/h6-10,13-14H,11-12H2,1-5H3,(H2,18,19,20). The first-order valence-corrected chi connectivity index (χ1v) is 9.05. The van der Waals surface area contributed by atoms with E-state index in [2.05, 4.69) is 47.9 Å². The van der Waals surface area contributed by atoms with Crippen LogP contribution >= 0.6 is 11.8 Å². The number of guanidine groups is 1. The highest BCUT2D eigenvalue weighted by Gasteiger charge is 2.10. The van der Waals surface area contributed by atoms with E-state index in [-0.39, 0.29) is 18.5 Å². The lowest BCUT2D eigenvalue weighted by molar-refractivity contribution is -0.127. The highest BCUT2D eigenvalue weighted by atomic mass is 32.2. The Bertz CT molecular complexity index is 505. The number of hydrogen-bond acceptors (Lipinski definition) is 3. The van der Waals surface area contributed by atoms with Gasteiger partial charge in [-0.25, -0.2) is 4.99 Å². The van der Waals surface area contributed by atoms with Crippen molar-refractivity contribution in [2.24, 2.45) is 4.99 Å². The summed E-state index contributed by atoms with van der Waals surface area (Å²) in [5.74, 6) is 0.647. The van der Waals surface area contributed by atoms with Gasteiger partial charge in [0.05, 0.1) is 6.04 Å². The summed E-state index contributed by atoms with van der Waals surface area (Å²) in [5, 5.41) is 7.15. The molecule has 1 aromatic carbocycles. The van der Waals surface area contributed by atoms with Crippen molar-refractivity contribution in [3.63, 3.8) is 0 Å². The molecular weight excluding hydrogens is 308 g/mol. The molecule has 0 radical (unpaired) electrons. The molecule has 1 amide bonds. The van der Waals surface area contributed by atoms with Crippen LogP contribution in [0.1, 0.15) is 25.5 Å². The van der Waals surface area contributed by atoms with Crippen molar-refractivity contribution >= 4 is 23.6 Å². The van der Waals surface area contributed by atoms with E-state index < -0.39 is 0 Å². The third-order valence-electron chi connectivity index (χ3n) is 3.48. The van der Waals surface area contributed by atoms with Crippen LogP contribution in [0.15, 0.2) is 35.3 Å². The van der Waals surface area contributed by atoms with Crippen LogP contribution in [-0.2, 0) is 4.79 Å². The van der Waals surface area contributed by atoms with E-state index in [4.69, 9.17) is 0 Å². The number of amides is 1. The van der Waals surface area contributed by atoms with E-state index in [1.165, 1.54) is 5.56 Å². The zero-order valence-corrected chi connectivity index (χ0v) is 15.5. The zero-order valence-electron chi connectivity index (χ0n) is 14.7. The molecule has 128 valence electrons. The van der Waals surface area contributed by atoms with Crippen LogP contribution in [0.5, 0.6) is 0 Å². The quantitative estimate of drug-likeness (QED) is 0.591. The normalized spacial score (nSPS) is 14.0. The lowest BCUT2D eigenvalue weighted by atomic mass is 10.1. The molecular formula is C17H28N4OS. The molecule has 23 heavy (non-hydrogen) atoms. The van der Waals surface area contributed by atoms with Crippen LogP contribution in [0.2, 0.25) is 0 Å². The van der Waals surface area contributed by atoms with Gasteiger partial charge >= 0.3 is 0 Å². The number of likely N-dealkylation sites (N-methyl/N-ethyl adjacent to an activating group) is 1. The largest absolute Gasteiger partial charge is 0.355 e. The van der Waals surface area contributed by atoms with Gasteiger partial charge in [0.25, 0.3) is 0 Å². The van der Waals surface area contributed by atoms with Crippen LogP contribution in [0.4, 0.5) is 0 Å². The van der Waals surface area contributed by atoms with Crippen molar-refractivity contribution in [1.29, 1.82) is 0 Å². The predicted octanol–water partition coefficient (Wildman–Crippen LogP) is 2.12. The van der Waals surface area contributed by atoms with E-state index >= 15 is 0 Å². The van der Waals surface area contributed by atoms with E-state index in [0.29, 0.717) is 11.2 Å². The van der Waals surface area contributed by atoms with Crippen LogP contribution in [0, 0.1) is 0 Å². The third kappa shape index (κ3) is 7.41. The van der Waals surface area contributed by atoms with Gasteiger partial charge in [-0.2, -0.15) is 11.8 Å². The first kappa shape index (κ1) is 19.4. The Morgan fingerprint density at radius 1 is 1.26 bits per heavy atom. The molecule has 0 aliphatic heterocycles. The van der Waals surface area contributed by atoms with E-state index in [1.54, 1.807) is 30.8 Å². The Morgan fingerprint density at radius 2 is 1.91 bits per heavy atom. The highest BCUT2D eigenvalue weighted by molar-refractivity contribution is 7.99. The van der Waals surface area contributed by atoms with E-state index in [0.717, 1.165) is 6.54 Å². The van der Waals surface area contributed by atoms with Crippen molar-refractivity contribution in [2.45, 2.75) is 25.1 Å². The Labute approximate surface area is 143 Å². The summed E-state index contributed by atoms with van der Waals surface area (Å²) < 4.78 is 0. The SMILES string of the molecule is CSC(C)CNC(=NCC(=O)N(C)C)NC(C)c1ccccc1. The summed E-state index contributed by atoms with van der Waals surface area (Å²) in [7, 11) is 3.47. The molecule has 0 saturated carbocycles. The molecule has 0 aliphatic rings. The molecule has 0 spiro atoms. The molecule has 0 heterocycles. The summed E-state index contributed by atoms with van der Waals surface area (Å²) in [6.45, 7) is 5.17. The second-order valence-electron chi connectivity index (χ2n) is 5.66. The lowest BCUT2D eigenvalue weighted by Gasteiger charge is -2.20. The van der Waals surface area contributed by atoms with Crippen LogP contribution in [0.3, 0.4) is 0 Å². The average molecular weight is 337 g/mol. The van der Waals surface area contributed by atoms with Gasteiger partial charge in [-0.05, 0) is 18.7 Å². The maximum atomic E-state index is 11.8. The topological polar surface area (TPSA) is 56.7 Å². The molecule has 1 aromatic rings. The molecule has 0 bridgehead atoms. The molecule has 2 atom stereocenters. The molecule has 6 heteroatoms. The molecule has 1 rings (SSSR count).